The van der Waals surface area contributed by atoms with Crippen molar-refractivity contribution in [2.75, 3.05) is 11.9 Å². The van der Waals surface area contributed by atoms with Crippen LogP contribution in [0.2, 0.25) is 0 Å². The van der Waals surface area contributed by atoms with Crippen LogP contribution in [0.4, 0.5) is 5.82 Å². The second-order valence-electron chi connectivity index (χ2n) is 3.94. The van der Waals surface area contributed by atoms with Gasteiger partial charge < -0.3 is 10.0 Å². The number of carbonyl (C=O) groups is 1. The van der Waals surface area contributed by atoms with E-state index in [9.17, 15) is 4.79 Å². The molecule has 84 valence electrons. The first kappa shape index (κ1) is 12.0. The summed E-state index contributed by atoms with van der Waals surface area (Å²) in [7, 11) is 1.66. The van der Waals surface area contributed by atoms with Crippen molar-refractivity contribution in [2.24, 2.45) is 0 Å². The molecule has 1 rings (SSSR count). The maximum atomic E-state index is 11.0. The number of hydrogen-bond donors (Lipinski definition) is 1. The summed E-state index contributed by atoms with van der Waals surface area (Å²) in [5.74, 6) is -0.410. The van der Waals surface area contributed by atoms with Crippen LogP contribution in [-0.2, 0) is 4.79 Å². The quantitative estimate of drug-likeness (QED) is 0.827. The van der Waals surface area contributed by atoms with Crippen LogP contribution >= 0.6 is 0 Å². The summed E-state index contributed by atoms with van der Waals surface area (Å²) in [6.07, 6.45) is 1.42. The molecule has 1 N–H and O–H groups in total. The van der Waals surface area contributed by atoms with Crippen molar-refractivity contribution in [2.45, 2.75) is 19.4 Å². The average Bonchev–Trinajstić information content (AvgIpc) is 2.28. The maximum absolute atomic E-state index is 11.0. The lowest BCUT2D eigenvalue weighted by Gasteiger charge is -2.32. The first-order valence-electron chi connectivity index (χ1n) is 4.73. The lowest BCUT2D eigenvalue weighted by molar-refractivity contribution is -0.142. The van der Waals surface area contributed by atoms with E-state index in [1.54, 1.807) is 37.9 Å². The Balaban J connectivity index is 3.01. The molecule has 0 aliphatic carbocycles. The van der Waals surface area contributed by atoms with E-state index in [0.717, 1.165) is 0 Å². The van der Waals surface area contributed by atoms with E-state index in [1.165, 1.54) is 6.20 Å². The van der Waals surface area contributed by atoms with E-state index in [2.05, 4.69) is 4.98 Å². The fourth-order valence-electron chi connectivity index (χ4n) is 1.08. The standard InChI is InChI=1S/C11H13N3O2/c1-11(2,10(15)16)14(3)9-5-4-8(6-12)7-13-9/h4-5,7H,1-3H3,(H,15,16). The molecule has 0 saturated heterocycles. The zero-order valence-electron chi connectivity index (χ0n) is 9.43. The Kier molecular flexibility index (Phi) is 3.14. The van der Waals surface area contributed by atoms with Crippen molar-refractivity contribution in [3.05, 3.63) is 23.9 Å². The summed E-state index contributed by atoms with van der Waals surface area (Å²) in [5.41, 5.74) is -0.591. The molecule has 0 fully saturated rings. The first-order chi connectivity index (χ1) is 7.39. The summed E-state index contributed by atoms with van der Waals surface area (Å²) >= 11 is 0. The molecule has 0 amide bonds. The third-order valence-corrected chi connectivity index (χ3v) is 2.58. The van der Waals surface area contributed by atoms with Crippen molar-refractivity contribution >= 4 is 11.8 Å². The van der Waals surface area contributed by atoms with Gasteiger partial charge in [-0.2, -0.15) is 5.26 Å². The molecule has 1 aromatic heterocycles. The minimum atomic E-state index is -1.04. The van der Waals surface area contributed by atoms with Gasteiger partial charge in [0.1, 0.15) is 17.4 Å². The van der Waals surface area contributed by atoms with Crippen molar-refractivity contribution in [3.63, 3.8) is 0 Å². The molecular weight excluding hydrogens is 206 g/mol. The molecule has 16 heavy (non-hydrogen) atoms. The third kappa shape index (κ3) is 2.11. The fourth-order valence-corrected chi connectivity index (χ4v) is 1.08. The molecule has 1 heterocycles. The molecular formula is C11H13N3O2. The van der Waals surface area contributed by atoms with Gasteiger partial charge in [-0.3, -0.25) is 0 Å². The topological polar surface area (TPSA) is 77.2 Å². The number of carboxylic acids is 1. The Morgan fingerprint density at radius 3 is 2.56 bits per heavy atom. The van der Waals surface area contributed by atoms with Gasteiger partial charge in [-0.15, -0.1) is 0 Å². The lowest BCUT2D eigenvalue weighted by Crippen LogP contribution is -2.48. The largest absolute Gasteiger partial charge is 0.480 e. The smallest absolute Gasteiger partial charge is 0.328 e. The normalized spacial score (nSPS) is 10.6. The van der Waals surface area contributed by atoms with Gasteiger partial charge in [-0.1, -0.05) is 0 Å². The summed E-state index contributed by atoms with van der Waals surface area (Å²) in [4.78, 5) is 16.6. The highest BCUT2D eigenvalue weighted by Gasteiger charge is 2.32. The van der Waals surface area contributed by atoms with Gasteiger partial charge in [-0.05, 0) is 26.0 Å². The molecule has 0 aliphatic heterocycles. The van der Waals surface area contributed by atoms with Crippen molar-refractivity contribution in [1.29, 1.82) is 5.26 Å². The number of anilines is 1. The summed E-state index contributed by atoms with van der Waals surface area (Å²) in [5, 5.41) is 17.7. The number of nitriles is 1. The van der Waals surface area contributed by atoms with Crippen LogP contribution in [0.15, 0.2) is 18.3 Å². The molecule has 0 aliphatic rings. The number of rotatable bonds is 3. The monoisotopic (exact) mass is 219 g/mol. The third-order valence-electron chi connectivity index (χ3n) is 2.58. The fraction of sp³-hybridized carbons (Fsp3) is 0.364. The van der Waals surface area contributed by atoms with E-state index in [1.807, 2.05) is 6.07 Å². The van der Waals surface area contributed by atoms with Gasteiger partial charge in [-0.25, -0.2) is 9.78 Å². The zero-order valence-corrected chi connectivity index (χ0v) is 9.43. The number of carboxylic acid groups (broad SMARTS) is 1. The second kappa shape index (κ2) is 4.19. The minimum absolute atomic E-state index is 0.449. The molecule has 0 bridgehead atoms. The number of aliphatic carboxylic acids is 1. The molecule has 0 radical (unpaired) electrons. The number of nitrogens with zero attached hydrogens (tertiary/aromatic N) is 3. The van der Waals surface area contributed by atoms with Crippen LogP contribution in [0.5, 0.6) is 0 Å². The van der Waals surface area contributed by atoms with Crippen molar-refractivity contribution in [1.82, 2.24) is 4.98 Å². The number of aromatic nitrogens is 1. The van der Waals surface area contributed by atoms with Crippen molar-refractivity contribution in [3.8, 4) is 6.07 Å². The average molecular weight is 219 g/mol. The van der Waals surface area contributed by atoms with Gasteiger partial charge in [0.15, 0.2) is 0 Å². The number of hydrogen-bond acceptors (Lipinski definition) is 4. The first-order valence-corrected chi connectivity index (χ1v) is 4.73. The van der Waals surface area contributed by atoms with Gasteiger partial charge in [0.05, 0.1) is 5.56 Å². The molecule has 1 aromatic rings. The van der Waals surface area contributed by atoms with Gasteiger partial charge >= 0.3 is 5.97 Å². The lowest BCUT2D eigenvalue weighted by atomic mass is 10.0. The summed E-state index contributed by atoms with van der Waals surface area (Å²) in [6.45, 7) is 3.18. The van der Waals surface area contributed by atoms with E-state index in [4.69, 9.17) is 10.4 Å². The molecule has 0 saturated carbocycles. The van der Waals surface area contributed by atoms with E-state index >= 15 is 0 Å². The van der Waals surface area contributed by atoms with Crippen molar-refractivity contribution < 1.29 is 9.90 Å². The Morgan fingerprint density at radius 2 is 2.19 bits per heavy atom. The molecule has 0 aromatic carbocycles. The predicted molar refractivity (Wildman–Crippen MR) is 59.1 cm³/mol. The number of pyridine rings is 1. The van der Waals surface area contributed by atoms with E-state index in [-0.39, 0.29) is 0 Å². The highest BCUT2D eigenvalue weighted by molar-refractivity contribution is 5.81. The Labute approximate surface area is 93.9 Å². The molecule has 0 spiro atoms. The predicted octanol–water partition coefficient (Wildman–Crippen LogP) is 1.25. The molecule has 5 heteroatoms. The van der Waals surface area contributed by atoms with E-state index in [0.29, 0.717) is 11.4 Å². The van der Waals surface area contributed by atoms with Crippen LogP contribution in [0, 0.1) is 11.3 Å². The zero-order chi connectivity index (χ0) is 12.3. The maximum Gasteiger partial charge on any atom is 0.328 e. The second-order valence-corrected chi connectivity index (χ2v) is 3.94. The molecule has 0 unspecified atom stereocenters. The summed E-state index contributed by atoms with van der Waals surface area (Å²) < 4.78 is 0. The Bertz CT molecular complexity index is 432. The minimum Gasteiger partial charge on any atom is -0.480 e. The highest BCUT2D eigenvalue weighted by atomic mass is 16.4. The number of likely N-dealkylation sites (N-methyl/N-ethyl adjacent to an activating group) is 1. The van der Waals surface area contributed by atoms with Crippen LogP contribution in [-0.4, -0.2) is 28.6 Å². The summed E-state index contributed by atoms with van der Waals surface area (Å²) in [6, 6.07) is 5.19. The molecule has 0 atom stereocenters. The van der Waals surface area contributed by atoms with Crippen LogP contribution < -0.4 is 4.90 Å². The van der Waals surface area contributed by atoms with Gasteiger partial charge in [0, 0.05) is 13.2 Å². The Hall–Kier alpha value is -2.09. The van der Waals surface area contributed by atoms with Gasteiger partial charge in [0.25, 0.3) is 0 Å². The SMILES string of the molecule is CN(c1ccc(C#N)cn1)C(C)(C)C(=O)O. The van der Waals surface area contributed by atoms with Crippen LogP contribution in [0.1, 0.15) is 19.4 Å². The Morgan fingerprint density at radius 1 is 1.56 bits per heavy atom. The van der Waals surface area contributed by atoms with Crippen LogP contribution in [0.25, 0.3) is 0 Å². The van der Waals surface area contributed by atoms with Gasteiger partial charge in [0.2, 0.25) is 0 Å². The highest BCUT2D eigenvalue weighted by Crippen LogP contribution is 2.20. The van der Waals surface area contributed by atoms with E-state index < -0.39 is 11.5 Å². The molecule has 5 nitrogen and oxygen atoms in total. The van der Waals surface area contributed by atoms with Crippen LogP contribution in [0.3, 0.4) is 0 Å².